The van der Waals surface area contributed by atoms with E-state index in [9.17, 15) is 9.18 Å². The number of nitrogens with zero attached hydrogens (tertiary/aromatic N) is 1. The Labute approximate surface area is 158 Å². The molecule has 1 atom stereocenters. The van der Waals surface area contributed by atoms with Crippen molar-refractivity contribution in [3.8, 4) is 0 Å². The molecule has 1 unspecified atom stereocenters. The van der Waals surface area contributed by atoms with E-state index in [0.717, 1.165) is 24.8 Å². The molecule has 0 saturated carbocycles. The fraction of sp³-hybridized carbons (Fsp3) is 0.727. The van der Waals surface area contributed by atoms with Crippen LogP contribution >= 0.6 is 0 Å². The van der Waals surface area contributed by atoms with Crippen molar-refractivity contribution in [2.24, 2.45) is 0 Å². The molecule has 0 N–H and O–H groups in total. The summed E-state index contributed by atoms with van der Waals surface area (Å²) in [5, 5.41) is 0. The second-order valence-corrected chi connectivity index (χ2v) is 7.11. The van der Waals surface area contributed by atoms with Gasteiger partial charge < -0.3 is 4.74 Å². The zero-order chi connectivity index (χ0) is 18.9. The van der Waals surface area contributed by atoms with E-state index in [0.29, 0.717) is 0 Å². The molecular weight excluding hydrogens is 329 g/mol. The van der Waals surface area contributed by atoms with E-state index < -0.39 is 12.1 Å². The lowest BCUT2D eigenvalue weighted by Gasteiger charge is -2.09. The number of rotatable bonds is 16. The topological polar surface area (TPSA) is 39.2 Å². The normalized spacial score (nSPS) is 12.1. The summed E-state index contributed by atoms with van der Waals surface area (Å²) in [7, 11) is 0. The van der Waals surface area contributed by atoms with Crippen molar-refractivity contribution < 1.29 is 13.9 Å². The minimum Gasteiger partial charge on any atom is -0.459 e. The molecule has 4 heteroatoms. The largest absolute Gasteiger partial charge is 0.459 e. The third kappa shape index (κ3) is 12.0. The Kier molecular flexibility index (Phi) is 13.7. The summed E-state index contributed by atoms with van der Waals surface area (Å²) < 4.78 is 18.8. The van der Waals surface area contributed by atoms with Crippen molar-refractivity contribution in [3.63, 3.8) is 0 Å². The molecule has 1 aromatic rings. The van der Waals surface area contributed by atoms with Gasteiger partial charge in [-0.25, -0.2) is 9.18 Å². The molecule has 0 spiro atoms. The maximum atomic E-state index is 13.8. The molecule has 1 heterocycles. The van der Waals surface area contributed by atoms with Crippen molar-refractivity contribution in [2.45, 2.75) is 103 Å². The highest BCUT2D eigenvalue weighted by Crippen LogP contribution is 2.14. The molecule has 26 heavy (non-hydrogen) atoms. The van der Waals surface area contributed by atoms with E-state index in [4.69, 9.17) is 4.74 Å². The van der Waals surface area contributed by atoms with E-state index in [2.05, 4.69) is 11.9 Å². The van der Waals surface area contributed by atoms with Crippen LogP contribution in [0.3, 0.4) is 0 Å². The van der Waals surface area contributed by atoms with Crippen LogP contribution in [-0.4, -0.2) is 17.1 Å². The van der Waals surface area contributed by atoms with Gasteiger partial charge in [-0.15, -0.1) is 0 Å². The van der Waals surface area contributed by atoms with Crippen molar-refractivity contribution in [2.75, 3.05) is 0 Å². The van der Waals surface area contributed by atoms with Gasteiger partial charge >= 0.3 is 5.97 Å². The second kappa shape index (κ2) is 15.8. The SMILES string of the molecule is CCCCCCCCCCCCCCC(F)C(=O)OCc1cccnc1. The van der Waals surface area contributed by atoms with Crippen LogP contribution in [0.2, 0.25) is 0 Å². The standard InChI is InChI=1S/C22H36FNO2/c1-2-3-4-5-6-7-8-9-10-11-12-13-16-21(23)22(25)26-19-20-15-14-17-24-18-20/h14-15,17-18,21H,2-13,16,19H2,1H3. The lowest BCUT2D eigenvalue weighted by atomic mass is 10.0. The van der Waals surface area contributed by atoms with Crippen LogP contribution in [0.1, 0.15) is 96.0 Å². The molecule has 1 aromatic heterocycles. The Morgan fingerprint density at radius 2 is 1.58 bits per heavy atom. The Hall–Kier alpha value is -1.45. The van der Waals surface area contributed by atoms with Gasteiger partial charge in [-0.2, -0.15) is 0 Å². The van der Waals surface area contributed by atoms with E-state index in [1.807, 2.05) is 0 Å². The van der Waals surface area contributed by atoms with Gasteiger partial charge in [0.05, 0.1) is 0 Å². The van der Waals surface area contributed by atoms with Crippen LogP contribution in [0.5, 0.6) is 0 Å². The van der Waals surface area contributed by atoms with Gasteiger partial charge in [0, 0.05) is 18.0 Å². The number of hydrogen-bond acceptors (Lipinski definition) is 3. The fourth-order valence-corrected chi connectivity index (χ4v) is 3.01. The first-order chi connectivity index (χ1) is 12.7. The predicted octanol–water partition coefficient (Wildman–Crippen LogP) is 6.55. The van der Waals surface area contributed by atoms with Crippen LogP contribution in [0.25, 0.3) is 0 Å². The van der Waals surface area contributed by atoms with Crippen LogP contribution in [-0.2, 0) is 16.1 Å². The van der Waals surface area contributed by atoms with Gasteiger partial charge in [0.2, 0.25) is 0 Å². The monoisotopic (exact) mass is 365 g/mol. The fourth-order valence-electron chi connectivity index (χ4n) is 3.01. The van der Waals surface area contributed by atoms with E-state index in [-0.39, 0.29) is 13.0 Å². The van der Waals surface area contributed by atoms with Gasteiger partial charge in [0.25, 0.3) is 0 Å². The highest BCUT2D eigenvalue weighted by molar-refractivity contribution is 5.74. The summed E-state index contributed by atoms with van der Waals surface area (Å²) in [5.74, 6) is -0.753. The molecule has 0 radical (unpaired) electrons. The maximum absolute atomic E-state index is 13.8. The highest BCUT2D eigenvalue weighted by atomic mass is 19.1. The smallest absolute Gasteiger partial charge is 0.341 e. The average Bonchev–Trinajstić information content (AvgIpc) is 2.67. The Balaban J connectivity index is 1.90. The van der Waals surface area contributed by atoms with Gasteiger partial charge in [-0.3, -0.25) is 4.98 Å². The molecule has 148 valence electrons. The maximum Gasteiger partial charge on any atom is 0.341 e. The van der Waals surface area contributed by atoms with E-state index >= 15 is 0 Å². The summed E-state index contributed by atoms with van der Waals surface area (Å²) in [5.41, 5.74) is 0.776. The molecule has 0 aliphatic rings. The Morgan fingerprint density at radius 1 is 1.00 bits per heavy atom. The molecule has 0 saturated heterocycles. The zero-order valence-electron chi connectivity index (χ0n) is 16.4. The third-order valence-electron chi connectivity index (χ3n) is 4.67. The number of aromatic nitrogens is 1. The third-order valence-corrected chi connectivity index (χ3v) is 4.67. The van der Waals surface area contributed by atoms with Gasteiger partial charge in [-0.05, 0) is 18.9 Å². The molecule has 0 aromatic carbocycles. The Bertz CT molecular complexity index is 453. The number of hydrogen-bond donors (Lipinski definition) is 0. The number of unbranched alkanes of at least 4 members (excludes halogenated alkanes) is 11. The summed E-state index contributed by atoms with van der Waals surface area (Å²) in [6.45, 7) is 2.34. The number of esters is 1. The zero-order valence-corrected chi connectivity index (χ0v) is 16.4. The van der Waals surface area contributed by atoms with Crippen molar-refractivity contribution >= 4 is 5.97 Å². The minimum absolute atomic E-state index is 0.0888. The Morgan fingerprint density at radius 3 is 2.12 bits per heavy atom. The van der Waals surface area contributed by atoms with Gasteiger partial charge in [-0.1, -0.05) is 83.6 Å². The van der Waals surface area contributed by atoms with Crippen molar-refractivity contribution in [1.29, 1.82) is 0 Å². The molecule has 3 nitrogen and oxygen atoms in total. The average molecular weight is 366 g/mol. The number of alkyl halides is 1. The summed E-state index contributed by atoms with van der Waals surface area (Å²) in [6.07, 6.45) is 16.9. The van der Waals surface area contributed by atoms with Gasteiger partial charge in [0.1, 0.15) is 6.61 Å². The highest BCUT2D eigenvalue weighted by Gasteiger charge is 2.18. The van der Waals surface area contributed by atoms with Crippen LogP contribution in [0.4, 0.5) is 4.39 Å². The quantitative estimate of drug-likeness (QED) is 0.246. The van der Waals surface area contributed by atoms with Crippen LogP contribution in [0, 0.1) is 0 Å². The molecule has 0 aliphatic carbocycles. The lowest BCUT2D eigenvalue weighted by molar-refractivity contribution is -0.151. The van der Waals surface area contributed by atoms with E-state index in [1.54, 1.807) is 24.5 Å². The number of carbonyl (C=O) groups is 1. The number of pyridine rings is 1. The molecule has 0 bridgehead atoms. The summed E-state index contributed by atoms with van der Waals surface area (Å²) in [4.78, 5) is 15.6. The molecule has 0 aliphatic heterocycles. The molecular formula is C22H36FNO2. The van der Waals surface area contributed by atoms with E-state index in [1.165, 1.54) is 57.8 Å². The second-order valence-electron chi connectivity index (χ2n) is 7.11. The van der Waals surface area contributed by atoms with Crippen LogP contribution in [0.15, 0.2) is 24.5 Å². The first-order valence-corrected chi connectivity index (χ1v) is 10.4. The summed E-state index contributed by atoms with van der Waals surface area (Å²) in [6, 6.07) is 3.57. The van der Waals surface area contributed by atoms with Crippen molar-refractivity contribution in [3.05, 3.63) is 30.1 Å². The number of ether oxygens (including phenoxy) is 1. The number of halogens is 1. The van der Waals surface area contributed by atoms with Crippen LogP contribution < -0.4 is 0 Å². The molecule has 1 rings (SSSR count). The first-order valence-electron chi connectivity index (χ1n) is 10.4. The molecule has 0 amide bonds. The first kappa shape index (κ1) is 22.6. The predicted molar refractivity (Wildman–Crippen MR) is 105 cm³/mol. The summed E-state index contributed by atoms with van der Waals surface area (Å²) >= 11 is 0. The minimum atomic E-state index is -1.50. The number of carbonyl (C=O) groups excluding carboxylic acids is 1. The lowest BCUT2D eigenvalue weighted by Crippen LogP contribution is -2.18. The molecule has 0 fully saturated rings. The van der Waals surface area contributed by atoms with Gasteiger partial charge in [0.15, 0.2) is 6.17 Å². The van der Waals surface area contributed by atoms with Crippen molar-refractivity contribution in [1.82, 2.24) is 4.98 Å².